The van der Waals surface area contributed by atoms with Gasteiger partial charge in [-0.15, -0.1) is 12.4 Å². The van der Waals surface area contributed by atoms with Crippen molar-refractivity contribution in [3.8, 4) is 6.07 Å². The zero-order valence-corrected chi connectivity index (χ0v) is 13.7. The van der Waals surface area contributed by atoms with Gasteiger partial charge < -0.3 is 5.73 Å². The van der Waals surface area contributed by atoms with Crippen molar-refractivity contribution in [1.29, 1.82) is 5.26 Å². The molecule has 0 saturated carbocycles. The van der Waals surface area contributed by atoms with E-state index in [1.54, 1.807) is 0 Å². The van der Waals surface area contributed by atoms with Gasteiger partial charge in [0.2, 0.25) is 10.0 Å². The van der Waals surface area contributed by atoms with Gasteiger partial charge in [-0.3, -0.25) is 0 Å². The van der Waals surface area contributed by atoms with E-state index in [0.29, 0.717) is 25.6 Å². The molecule has 5 nitrogen and oxygen atoms in total. The van der Waals surface area contributed by atoms with Crippen LogP contribution in [0.3, 0.4) is 0 Å². The van der Waals surface area contributed by atoms with Crippen LogP contribution in [-0.2, 0) is 10.0 Å². The fraction of sp³-hybridized carbons (Fsp3) is 0.462. The first-order valence-corrected chi connectivity index (χ1v) is 8.20. The van der Waals surface area contributed by atoms with Gasteiger partial charge in [0.15, 0.2) is 0 Å². The number of benzene rings is 1. The van der Waals surface area contributed by atoms with Gasteiger partial charge >= 0.3 is 0 Å². The van der Waals surface area contributed by atoms with E-state index in [9.17, 15) is 8.42 Å². The Morgan fingerprint density at radius 2 is 2.00 bits per heavy atom. The van der Waals surface area contributed by atoms with E-state index in [4.69, 9.17) is 22.6 Å². The number of nitriles is 1. The summed E-state index contributed by atoms with van der Waals surface area (Å²) in [5.41, 5.74) is 5.88. The van der Waals surface area contributed by atoms with E-state index in [2.05, 4.69) is 0 Å². The van der Waals surface area contributed by atoms with Gasteiger partial charge in [0.1, 0.15) is 6.07 Å². The molecular weight excluding hydrogens is 333 g/mol. The van der Waals surface area contributed by atoms with Crippen molar-refractivity contribution >= 4 is 34.0 Å². The molecule has 8 heteroatoms. The number of hydrogen-bond donors (Lipinski definition) is 1. The highest BCUT2D eigenvalue weighted by molar-refractivity contribution is 7.89. The Kier molecular flexibility index (Phi) is 6.44. The van der Waals surface area contributed by atoms with Crippen LogP contribution in [0.4, 0.5) is 0 Å². The van der Waals surface area contributed by atoms with E-state index in [1.165, 1.54) is 22.5 Å². The minimum absolute atomic E-state index is 0. The third kappa shape index (κ3) is 3.87. The van der Waals surface area contributed by atoms with E-state index in [1.807, 2.05) is 6.07 Å². The van der Waals surface area contributed by atoms with Crippen LogP contribution >= 0.6 is 24.0 Å². The Balaban J connectivity index is 0.00000220. The summed E-state index contributed by atoms with van der Waals surface area (Å²) in [7, 11) is -3.54. The lowest BCUT2D eigenvalue weighted by Crippen LogP contribution is -2.40. The van der Waals surface area contributed by atoms with Crippen LogP contribution in [0.2, 0.25) is 5.02 Å². The van der Waals surface area contributed by atoms with Crippen molar-refractivity contribution < 1.29 is 8.42 Å². The normalized spacial score (nSPS) is 17.0. The first-order valence-electron chi connectivity index (χ1n) is 6.39. The molecule has 1 aromatic carbocycles. The quantitative estimate of drug-likeness (QED) is 0.903. The summed E-state index contributed by atoms with van der Waals surface area (Å²) in [5.74, 6) is 0.394. The second-order valence-electron chi connectivity index (χ2n) is 4.84. The molecule has 1 aliphatic heterocycles. The Hall–Kier alpha value is -0.840. The Morgan fingerprint density at radius 3 is 2.48 bits per heavy atom. The lowest BCUT2D eigenvalue weighted by atomic mass is 9.99. The number of piperidine rings is 1. The Bertz CT molecular complexity index is 635. The number of nitrogens with two attached hydrogens (primary N) is 1. The monoisotopic (exact) mass is 349 g/mol. The Morgan fingerprint density at radius 1 is 1.38 bits per heavy atom. The van der Waals surface area contributed by atoms with Gasteiger partial charge in [-0.25, -0.2) is 8.42 Å². The molecule has 1 heterocycles. The molecule has 0 aromatic heterocycles. The van der Waals surface area contributed by atoms with Gasteiger partial charge in [0, 0.05) is 13.1 Å². The predicted octanol–water partition coefficient (Wildman–Crippen LogP) is 1.99. The number of halogens is 2. The third-order valence-corrected chi connectivity index (χ3v) is 5.81. The standard InChI is InChI=1S/C13H16ClN3O2S.ClH/c14-13-7-12(2-1-11(13)9-16)20(18,19)17-5-3-10(8-15)4-6-17;/h1-2,7,10H,3-6,8,15H2;1H. The molecule has 1 saturated heterocycles. The second-order valence-corrected chi connectivity index (χ2v) is 7.18. The molecule has 2 rings (SSSR count). The molecular formula is C13H17Cl2N3O2S. The molecule has 0 amide bonds. The smallest absolute Gasteiger partial charge is 0.243 e. The third-order valence-electron chi connectivity index (χ3n) is 3.61. The van der Waals surface area contributed by atoms with E-state index >= 15 is 0 Å². The van der Waals surface area contributed by atoms with E-state index in [0.717, 1.165) is 12.8 Å². The van der Waals surface area contributed by atoms with Crippen molar-refractivity contribution in [3.63, 3.8) is 0 Å². The van der Waals surface area contributed by atoms with Crippen molar-refractivity contribution in [2.75, 3.05) is 19.6 Å². The van der Waals surface area contributed by atoms with Crippen molar-refractivity contribution in [2.24, 2.45) is 11.7 Å². The van der Waals surface area contributed by atoms with Crippen LogP contribution in [0.1, 0.15) is 18.4 Å². The van der Waals surface area contributed by atoms with E-state index in [-0.39, 0.29) is 27.9 Å². The minimum Gasteiger partial charge on any atom is -0.330 e. The second kappa shape index (κ2) is 7.43. The molecule has 0 bridgehead atoms. The van der Waals surface area contributed by atoms with Crippen molar-refractivity contribution in [1.82, 2.24) is 4.31 Å². The molecule has 116 valence electrons. The zero-order chi connectivity index (χ0) is 14.8. The summed E-state index contributed by atoms with van der Waals surface area (Å²) < 4.78 is 26.4. The summed E-state index contributed by atoms with van der Waals surface area (Å²) in [5, 5.41) is 8.97. The summed E-state index contributed by atoms with van der Waals surface area (Å²) in [6.45, 7) is 1.54. The van der Waals surface area contributed by atoms with Crippen LogP contribution in [0.25, 0.3) is 0 Å². The molecule has 0 unspecified atom stereocenters. The first-order chi connectivity index (χ1) is 9.48. The molecule has 0 spiro atoms. The first kappa shape index (κ1) is 18.2. The Labute approximate surface area is 136 Å². The topological polar surface area (TPSA) is 87.2 Å². The number of sulfonamides is 1. The number of rotatable bonds is 3. The van der Waals surface area contributed by atoms with Crippen LogP contribution in [0.5, 0.6) is 0 Å². The number of hydrogen-bond acceptors (Lipinski definition) is 4. The van der Waals surface area contributed by atoms with Gasteiger partial charge in [-0.05, 0) is 43.5 Å². The maximum atomic E-state index is 12.5. The van der Waals surface area contributed by atoms with E-state index < -0.39 is 10.0 Å². The lowest BCUT2D eigenvalue weighted by Gasteiger charge is -2.30. The summed E-state index contributed by atoms with van der Waals surface area (Å²) in [4.78, 5) is 0.132. The highest BCUT2D eigenvalue weighted by Gasteiger charge is 2.29. The highest BCUT2D eigenvalue weighted by Crippen LogP contribution is 2.26. The minimum atomic E-state index is -3.54. The summed E-state index contributed by atoms with van der Waals surface area (Å²) in [6, 6.07) is 6.11. The fourth-order valence-electron chi connectivity index (χ4n) is 2.28. The summed E-state index contributed by atoms with van der Waals surface area (Å²) >= 11 is 5.90. The lowest BCUT2D eigenvalue weighted by molar-refractivity contribution is 0.278. The molecule has 0 radical (unpaired) electrons. The largest absolute Gasteiger partial charge is 0.330 e. The molecule has 0 aliphatic carbocycles. The van der Waals surface area contributed by atoms with Crippen molar-refractivity contribution in [2.45, 2.75) is 17.7 Å². The fourth-order valence-corrected chi connectivity index (χ4v) is 4.07. The molecule has 1 fully saturated rings. The van der Waals surface area contributed by atoms with Crippen LogP contribution in [0, 0.1) is 17.2 Å². The van der Waals surface area contributed by atoms with Crippen LogP contribution < -0.4 is 5.73 Å². The van der Waals surface area contributed by atoms with Gasteiger partial charge in [0.25, 0.3) is 0 Å². The molecule has 21 heavy (non-hydrogen) atoms. The van der Waals surface area contributed by atoms with Crippen LogP contribution in [-0.4, -0.2) is 32.4 Å². The SMILES string of the molecule is Cl.N#Cc1ccc(S(=O)(=O)N2CCC(CN)CC2)cc1Cl. The van der Waals surface area contributed by atoms with Crippen LogP contribution in [0.15, 0.2) is 23.1 Å². The predicted molar refractivity (Wildman–Crippen MR) is 84.0 cm³/mol. The zero-order valence-electron chi connectivity index (χ0n) is 11.3. The van der Waals surface area contributed by atoms with Gasteiger partial charge in [0.05, 0.1) is 15.5 Å². The molecule has 0 atom stereocenters. The average molecular weight is 350 g/mol. The molecule has 2 N–H and O–H groups in total. The van der Waals surface area contributed by atoms with Crippen molar-refractivity contribution in [3.05, 3.63) is 28.8 Å². The maximum Gasteiger partial charge on any atom is 0.243 e. The maximum absolute atomic E-state index is 12.5. The number of nitrogens with zero attached hydrogens (tertiary/aromatic N) is 2. The highest BCUT2D eigenvalue weighted by atomic mass is 35.5. The average Bonchev–Trinajstić information content (AvgIpc) is 2.47. The molecule has 1 aliphatic rings. The van der Waals surface area contributed by atoms with Gasteiger partial charge in [-0.1, -0.05) is 11.6 Å². The van der Waals surface area contributed by atoms with Gasteiger partial charge in [-0.2, -0.15) is 9.57 Å². The molecule has 1 aromatic rings. The summed E-state index contributed by atoms with van der Waals surface area (Å²) in [6.07, 6.45) is 1.56.